The lowest BCUT2D eigenvalue weighted by molar-refractivity contribution is 0.0950. The fraction of sp³-hybridized carbons (Fsp3) is 0.0769. The standard InChI is InChI=1S/C13H10ClN3OS/c14-11-4-2-1-3-10(11)12(18)15-7-9-8-17-5-6-19-13(17)16-9/h1-6,8H,7H2,(H,15,18). The van der Waals surface area contributed by atoms with Crippen LogP contribution in [0.5, 0.6) is 0 Å². The number of nitrogens with zero attached hydrogens (tertiary/aromatic N) is 2. The van der Waals surface area contributed by atoms with Crippen LogP contribution in [0, 0.1) is 0 Å². The summed E-state index contributed by atoms with van der Waals surface area (Å²) < 4.78 is 1.93. The molecule has 0 aliphatic heterocycles. The number of amides is 1. The third-order valence-electron chi connectivity index (χ3n) is 2.69. The van der Waals surface area contributed by atoms with Crippen molar-refractivity contribution in [3.63, 3.8) is 0 Å². The van der Waals surface area contributed by atoms with Gasteiger partial charge in [-0.1, -0.05) is 23.7 Å². The molecule has 1 N–H and O–H groups in total. The van der Waals surface area contributed by atoms with Gasteiger partial charge < -0.3 is 5.32 Å². The van der Waals surface area contributed by atoms with Crippen molar-refractivity contribution in [2.24, 2.45) is 0 Å². The Morgan fingerprint density at radius 1 is 1.42 bits per heavy atom. The van der Waals surface area contributed by atoms with Crippen molar-refractivity contribution in [1.29, 1.82) is 0 Å². The number of benzene rings is 1. The number of rotatable bonds is 3. The van der Waals surface area contributed by atoms with E-state index in [1.165, 1.54) is 0 Å². The number of hydrogen-bond acceptors (Lipinski definition) is 3. The Hall–Kier alpha value is -1.85. The second-order valence-electron chi connectivity index (χ2n) is 3.99. The summed E-state index contributed by atoms with van der Waals surface area (Å²) >= 11 is 7.53. The predicted octanol–water partition coefficient (Wildman–Crippen LogP) is 2.98. The van der Waals surface area contributed by atoms with Crippen molar-refractivity contribution in [1.82, 2.24) is 14.7 Å². The molecule has 3 aromatic rings. The minimum atomic E-state index is -0.193. The molecule has 1 amide bonds. The van der Waals surface area contributed by atoms with E-state index in [1.54, 1.807) is 35.6 Å². The highest BCUT2D eigenvalue weighted by molar-refractivity contribution is 7.15. The highest BCUT2D eigenvalue weighted by Crippen LogP contribution is 2.15. The predicted molar refractivity (Wildman–Crippen MR) is 75.7 cm³/mol. The quantitative estimate of drug-likeness (QED) is 0.806. The first-order valence-corrected chi connectivity index (χ1v) is 6.93. The smallest absolute Gasteiger partial charge is 0.253 e. The number of carbonyl (C=O) groups excluding carboxylic acids is 1. The SMILES string of the molecule is O=C(NCc1cn2ccsc2n1)c1ccccc1Cl. The van der Waals surface area contributed by atoms with E-state index < -0.39 is 0 Å². The molecule has 0 saturated carbocycles. The molecule has 2 aromatic heterocycles. The normalized spacial score (nSPS) is 10.8. The fourth-order valence-electron chi connectivity index (χ4n) is 1.77. The van der Waals surface area contributed by atoms with Crippen molar-refractivity contribution in [3.05, 3.63) is 58.3 Å². The summed E-state index contributed by atoms with van der Waals surface area (Å²) in [5, 5.41) is 5.23. The van der Waals surface area contributed by atoms with Gasteiger partial charge in [-0.3, -0.25) is 9.20 Å². The van der Waals surface area contributed by atoms with E-state index in [1.807, 2.05) is 22.2 Å². The van der Waals surface area contributed by atoms with Crippen molar-refractivity contribution in [2.75, 3.05) is 0 Å². The first kappa shape index (κ1) is 12.2. The Bertz CT molecular complexity index is 706. The van der Waals surface area contributed by atoms with Crippen LogP contribution >= 0.6 is 22.9 Å². The molecule has 0 aliphatic rings. The van der Waals surface area contributed by atoms with Crippen molar-refractivity contribution in [2.45, 2.75) is 6.54 Å². The lowest BCUT2D eigenvalue weighted by atomic mass is 10.2. The average molecular weight is 292 g/mol. The zero-order valence-electron chi connectivity index (χ0n) is 9.84. The molecule has 0 unspecified atom stereocenters. The maximum Gasteiger partial charge on any atom is 0.253 e. The van der Waals surface area contributed by atoms with E-state index in [-0.39, 0.29) is 5.91 Å². The summed E-state index contributed by atoms with van der Waals surface area (Å²) in [7, 11) is 0. The van der Waals surface area contributed by atoms with Crippen LogP contribution in [0.3, 0.4) is 0 Å². The molecular formula is C13H10ClN3OS. The van der Waals surface area contributed by atoms with E-state index in [4.69, 9.17) is 11.6 Å². The monoisotopic (exact) mass is 291 g/mol. The number of fused-ring (bicyclic) bond motifs is 1. The van der Waals surface area contributed by atoms with Gasteiger partial charge in [0.25, 0.3) is 5.91 Å². The van der Waals surface area contributed by atoms with E-state index in [0.717, 1.165) is 10.7 Å². The van der Waals surface area contributed by atoms with E-state index in [0.29, 0.717) is 17.1 Å². The topological polar surface area (TPSA) is 46.4 Å². The van der Waals surface area contributed by atoms with Gasteiger partial charge in [-0.05, 0) is 12.1 Å². The number of carbonyl (C=O) groups is 1. The summed E-state index contributed by atoms with van der Waals surface area (Å²) in [4.78, 5) is 17.3. The number of halogens is 1. The third-order valence-corrected chi connectivity index (χ3v) is 3.79. The highest BCUT2D eigenvalue weighted by atomic mass is 35.5. The molecule has 1 aromatic carbocycles. The van der Waals surface area contributed by atoms with Gasteiger partial charge in [0.15, 0.2) is 4.96 Å². The number of nitrogens with one attached hydrogen (secondary N) is 1. The molecule has 3 rings (SSSR count). The minimum absolute atomic E-state index is 0.193. The summed E-state index contributed by atoms with van der Waals surface area (Å²) in [6.07, 6.45) is 3.84. The molecule has 4 nitrogen and oxygen atoms in total. The Labute approximate surface area is 118 Å². The molecule has 6 heteroatoms. The molecule has 0 fully saturated rings. The highest BCUT2D eigenvalue weighted by Gasteiger charge is 2.10. The largest absolute Gasteiger partial charge is 0.346 e. The summed E-state index contributed by atoms with van der Waals surface area (Å²) in [6.45, 7) is 0.387. The first-order chi connectivity index (χ1) is 9.24. The molecule has 0 radical (unpaired) electrons. The number of imidazole rings is 1. The zero-order valence-corrected chi connectivity index (χ0v) is 11.4. The lowest BCUT2D eigenvalue weighted by Gasteiger charge is -2.04. The Morgan fingerprint density at radius 3 is 3.05 bits per heavy atom. The first-order valence-electron chi connectivity index (χ1n) is 5.68. The summed E-state index contributed by atoms with van der Waals surface area (Å²) in [5.74, 6) is -0.193. The average Bonchev–Trinajstić information content (AvgIpc) is 2.97. The van der Waals surface area contributed by atoms with Gasteiger partial charge in [0.1, 0.15) is 0 Å². The van der Waals surface area contributed by atoms with Crippen molar-refractivity contribution < 1.29 is 4.79 Å². The van der Waals surface area contributed by atoms with Crippen LogP contribution in [0.15, 0.2) is 42.0 Å². The van der Waals surface area contributed by atoms with Crippen LogP contribution < -0.4 is 5.32 Å². The molecule has 0 atom stereocenters. The number of aromatic nitrogens is 2. The van der Waals surface area contributed by atoms with Crippen LogP contribution in [0.2, 0.25) is 5.02 Å². The Kier molecular flexibility index (Phi) is 3.23. The Balaban J connectivity index is 1.71. The van der Waals surface area contributed by atoms with E-state index in [9.17, 15) is 4.79 Å². The van der Waals surface area contributed by atoms with Crippen LogP contribution in [-0.4, -0.2) is 15.3 Å². The molecule has 19 heavy (non-hydrogen) atoms. The van der Waals surface area contributed by atoms with Crippen LogP contribution in [0.1, 0.15) is 16.1 Å². The van der Waals surface area contributed by atoms with Crippen molar-refractivity contribution >= 4 is 33.8 Å². The van der Waals surface area contributed by atoms with Gasteiger partial charge in [0.2, 0.25) is 0 Å². The molecule has 0 spiro atoms. The Morgan fingerprint density at radius 2 is 2.26 bits per heavy atom. The van der Waals surface area contributed by atoms with E-state index >= 15 is 0 Å². The fourth-order valence-corrected chi connectivity index (χ4v) is 2.71. The second-order valence-corrected chi connectivity index (χ2v) is 5.27. The third kappa shape index (κ3) is 2.47. The van der Waals surface area contributed by atoms with Crippen molar-refractivity contribution in [3.8, 4) is 0 Å². The van der Waals surface area contributed by atoms with Crippen LogP contribution in [-0.2, 0) is 6.54 Å². The van der Waals surface area contributed by atoms with Gasteiger partial charge in [0, 0.05) is 17.8 Å². The van der Waals surface area contributed by atoms with Gasteiger partial charge >= 0.3 is 0 Å². The number of thiazole rings is 1. The molecule has 0 aliphatic carbocycles. The maximum absolute atomic E-state index is 12.0. The second kappa shape index (κ2) is 5.03. The van der Waals surface area contributed by atoms with Gasteiger partial charge in [-0.15, -0.1) is 11.3 Å². The van der Waals surface area contributed by atoms with Gasteiger partial charge in [0.05, 0.1) is 22.8 Å². The lowest BCUT2D eigenvalue weighted by Crippen LogP contribution is -2.23. The summed E-state index contributed by atoms with van der Waals surface area (Å²) in [5.41, 5.74) is 1.30. The van der Waals surface area contributed by atoms with Gasteiger partial charge in [-0.25, -0.2) is 4.98 Å². The molecule has 2 heterocycles. The molecular weight excluding hydrogens is 282 g/mol. The zero-order chi connectivity index (χ0) is 13.2. The minimum Gasteiger partial charge on any atom is -0.346 e. The molecule has 0 saturated heterocycles. The van der Waals surface area contributed by atoms with Gasteiger partial charge in [-0.2, -0.15) is 0 Å². The molecule has 96 valence electrons. The summed E-state index contributed by atoms with van der Waals surface area (Å²) in [6, 6.07) is 6.97. The van der Waals surface area contributed by atoms with Crippen LogP contribution in [0.25, 0.3) is 4.96 Å². The number of hydrogen-bond donors (Lipinski definition) is 1. The maximum atomic E-state index is 12.0. The molecule has 0 bridgehead atoms. The van der Waals surface area contributed by atoms with Crippen LogP contribution in [0.4, 0.5) is 0 Å². The van der Waals surface area contributed by atoms with E-state index in [2.05, 4.69) is 10.3 Å².